The average Bonchev–Trinajstić information content (AvgIpc) is 3.04. The largest absolute Gasteiger partial charge is 0.394 e. The van der Waals surface area contributed by atoms with Crippen molar-refractivity contribution in [2.45, 2.75) is 6.92 Å². The number of hydrogen-bond acceptors (Lipinski definition) is 7. The van der Waals surface area contributed by atoms with Gasteiger partial charge in [0.1, 0.15) is 5.69 Å². The van der Waals surface area contributed by atoms with Crippen LogP contribution in [0.5, 0.6) is 0 Å². The lowest BCUT2D eigenvalue weighted by atomic mass is 10.0. The molecule has 1 fully saturated rings. The number of piperazine rings is 1. The second kappa shape index (κ2) is 8.10. The predicted molar refractivity (Wildman–Crippen MR) is 120 cm³/mol. The van der Waals surface area contributed by atoms with Gasteiger partial charge in [-0.15, -0.1) is 0 Å². The fourth-order valence-electron chi connectivity index (χ4n) is 4.03. The van der Waals surface area contributed by atoms with Crippen molar-refractivity contribution in [2.75, 3.05) is 41.7 Å². The standard InChI is InChI=1S/C22H24N6O3/c1-15-20(23)22(25(2)24-15)27-12-10-26(11-13-27)18-9-8-17(14-19(18)28(30)31)21(29)16-6-4-3-5-7-16/h3-9,14H,10-13,23H2,1-2H3. The number of nitro groups is 1. The van der Waals surface area contributed by atoms with Gasteiger partial charge in [-0.05, 0) is 19.1 Å². The molecule has 1 aliphatic heterocycles. The number of nitrogens with zero attached hydrogens (tertiary/aromatic N) is 5. The lowest BCUT2D eigenvalue weighted by Crippen LogP contribution is -2.47. The van der Waals surface area contributed by atoms with Crippen LogP contribution in [0.3, 0.4) is 0 Å². The summed E-state index contributed by atoms with van der Waals surface area (Å²) < 4.78 is 1.77. The molecule has 160 valence electrons. The van der Waals surface area contributed by atoms with Crippen molar-refractivity contribution in [3.63, 3.8) is 0 Å². The molecule has 0 bridgehead atoms. The summed E-state index contributed by atoms with van der Waals surface area (Å²) in [7, 11) is 1.86. The van der Waals surface area contributed by atoms with E-state index in [1.54, 1.807) is 41.1 Å². The van der Waals surface area contributed by atoms with E-state index >= 15 is 0 Å². The van der Waals surface area contributed by atoms with Crippen LogP contribution >= 0.6 is 0 Å². The number of aromatic nitrogens is 2. The molecule has 2 heterocycles. The fourth-order valence-corrected chi connectivity index (χ4v) is 4.03. The van der Waals surface area contributed by atoms with Gasteiger partial charge in [0.05, 0.1) is 16.3 Å². The van der Waals surface area contributed by atoms with Crippen LogP contribution in [-0.4, -0.2) is 46.7 Å². The summed E-state index contributed by atoms with van der Waals surface area (Å²) in [6.45, 7) is 4.37. The number of nitro benzene ring substituents is 1. The van der Waals surface area contributed by atoms with Crippen molar-refractivity contribution in [3.05, 3.63) is 75.5 Å². The van der Waals surface area contributed by atoms with Crippen molar-refractivity contribution < 1.29 is 9.72 Å². The van der Waals surface area contributed by atoms with Crippen LogP contribution in [0.2, 0.25) is 0 Å². The molecular formula is C22H24N6O3. The van der Waals surface area contributed by atoms with Gasteiger partial charge in [-0.3, -0.25) is 19.6 Å². The molecule has 9 nitrogen and oxygen atoms in total. The molecule has 3 aromatic rings. The van der Waals surface area contributed by atoms with Gasteiger partial charge in [-0.2, -0.15) is 5.10 Å². The molecule has 31 heavy (non-hydrogen) atoms. The molecule has 0 spiro atoms. The second-order valence-corrected chi connectivity index (χ2v) is 7.58. The van der Waals surface area contributed by atoms with Gasteiger partial charge in [0.15, 0.2) is 11.6 Å². The van der Waals surface area contributed by atoms with E-state index in [1.807, 2.05) is 24.9 Å². The maximum Gasteiger partial charge on any atom is 0.293 e. The normalized spacial score (nSPS) is 14.0. The van der Waals surface area contributed by atoms with E-state index in [0.29, 0.717) is 48.7 Å². The summed E-state index contributed by atoms with van der Waals surface area (Å²) in [6, 6.07) is 13.5. The van der Waals surface area contributed by atoms with Crippen LogP contribution in [0.4, 0.5) is 22.9 Å². The number of aryl methyl sites for hydroxylation is 2. The predicted octanol–water partition coefficient (Wildman–Crippen LogP) is 2.78. The Morgan fingerprint density at radius 3 is 2.26 bits per heavy atom. The van der Waals surface area contributed by atoms with E-state index in [9.17, 15) is 14.9 Å². The topological polar surface area (TPSA) is 111 Å². The molecule has 1 aliphatic rings. The van der Waals surface area contributed by atoms with Crippen LogP contribution in [0.15, 0.2) is 48.5 Å². The number of anilines is 3. The molecular weight excluding hydrogens is 396 g/mol. The molecule has 0 saturated carbocycles. The quantitative estimate of drug-likeness (QED) is 0.384. The van der Waals surface area contributed by atoms with Gasteiger partial charge in [-0.25, -0.2) is 0 Å². The molecule has 0 amide bonds. The average molecular weight is 420 g/mol. The zero-order valence-electron chi connectivity index (χ0n) is 17.5. The van der Waals surface area contributed by atoms with Crippen LogP contribution in [-0.2, 0) is 7.05 Å². The minimum absolute atomic E-state index is 0.0638. The van der Waals surface area contributed by atoms with Crippen LogP contribution in [0.1, 0.15) is 21.6 Å². The number of carbonyl (C=O) groups is 1. The molecule has 0 unspecified atom stereocenters. The number of rotatable bonds is 5. The number of carbonyl (C=O) groups excluding carboxylic acids is 1. The van der Waals surface area contributed by atoms with Crippen molar-refractivity contribution >= 4 is 28.7 Å². The summed E-state index contributed by atoms with van der Waals surface area (Å²) in [4.78, 5) is 28.2. The maximum absolute atomic E-state index is 12.7. The first-order valence-corrected chi connectivity index (χ1v) is 10.0. The highest BCUT2D eigenvalue weighted by Crippen LogP contribution is 2.32. The summed E-state index contributed by atoms with van der Waals surface area (Å²) in [5.74, 6) is 0.637. The monoisotopic (exact) mass is 420 g/mol. The van der Waals surface area contributed by atoms with Crippen LogP contribution < -0.4 is 15.5 Å². The Morgan fingerprint density at radius 1 is 1.03 bits per heavy atom. The summed E-state index contributed by atoms with van der Waals surface area (Å²) in [6.07, 6.45) is 0. The Hall–Kier alpha value is -3.88. The van der Waals surface area contributed by atoms with Crippen molar-refractivity contribution in [2.24, 2.45) is 7.05 Å². The highest BCUT2D eigenvalue weighted by Gasteiger charge is 2.27. The zero-order valence-corrected chi connectivity index (χ0v) is 17.5. The molecule has 1 saturated heterocycles. The van der Waals surface area contributed by atoms with E-state index in [2.05, 4.69) is 10.00 Å². The first-order valence-electron chi connectivity index (χ1n) is 10.0. The summed E-state index contributed by atoms with van der Waals surface area (Å²) in [5.41, 5.74) is 8.88. The number of hydrogen-bond donors (Lipinski definition) is 1. The van der Waals surface area contributed by atoms with E-state index < -0.39 is 4.92 Å². The number of ketones is 1. The Labute approximate surface area is 179 Å². The third kappa shape index (κ3) is 3.81. The Kier molecular flexibility index (Phi) is 5.33. The lowest BCUT2D eigenvalue weighted by Gasteiger charge is -2.37. The van der Waals surface area contributed by atoms with Crippen molar-refractivity contribution in [1.82, 2.24) is 9.78 Å². The number of benzene rings is 2. The second-order valence-electron chi connectivity index (χ2n) is 7.58. The molecule has 0 radical (unpaired) electrons. The zero-order chi connectivity index (χ0) is 22.1. The Balaban J connectivity index is 1.56. The van der Waals surface area contributed by atoms with Gasteiger partial charge in [-0.1, -0.05) is 30.3 Å². The van der Waals surface area contributed by atoms with Crippen LogP contribution in [0.25, 0.3) is 0 Å². The molecule has 9 heteroatoms. The smallest absolute Gasteiger partial charge is 0.293 e. The van der Waals surface area contributed by atoms with Crippen molar-refractivity contribution in [1.29, 1.82) is 0 Å². The van der Waals surface area contributed by atoms with Crippen LogP contribution in [0, 0.1) is 17.0 Å². The number of nitrogens with two attached hydrogens (primary N) is 1. The van der Waals surface area contributed by atoms with Gasteiger partial charge in [0.2, 0.25) is 0 Å². The first-order chi connectivity index (χ1) is 14.9. The third-order valence-electron chi connectivity index (χ3n) is 5.63. The maximum atomic E-state index is 12.7. The molecule has 2 aromatic carbocycles. The van der Waals surface area contributed by atoms with E-state index in [4.69, 9.17) is 5.73 Å². The SMILES string of the molecule is Cc1nn(C)c(N2CCN(c3ccc(C(=O)c4ccccc4)cc3[N+](=O)[O-])CC2)c1N. The van der Waals surface area contributed by atoms with E-state index in [-0.39, 0.29) is 11.5 Å². The van der Waals surface area contributed by atoms with Gasteiger partial charge in [0, 0.05) is 50.4 Å². The lowest BCUT2D eigenvalue weighted by molar-refractivity contribution is -0.384. The summed E-state index contributed by atoms with van der Waals surface area (Å²) >= 11 is 0. The minimum Gasteiger partial charge on any atom is -0.394 e. The van der Waals surface area contributed by atoms with Gasteiger partial charge in [0.25, 0.3) is 5.69 Å². The molecule has 0 atom stereocenters. The minimum atomic E-state index is -0.425. The summed E-state index contributed by atoms with van der Waals surface area (Å²) in [5, 5.41) is 16.1. The number of nitrogen functional groups attached to an aromatic ring is 1. The highest BCUT2D eigenvalue weighted by molar-refractivity contribution is 6.09. The molecule has 4 rings (SSSR count). The first kappa shape index (κ1) is 20.4. The Morgan fingerprint density at radius 2 is 1.68 bits per heavy atom. The molecule has 0 aliphatic carbocycles. The van der Waals surface area contributed by atoms with E-state index in [0.717, 1.165) is 11.5 Å². The molecule has 2 N–H and O–H groups in total. The Bertz CT molecular complexity index is 1130. The molecule has 1 aromatic heterocycles. The highest BCUT2D eigenvalue weighted by atomic mass is 16.6. The third-order valence-corrected chi connectivity index (χ3v) is 5.63. The van der Waals surface area contributed by atoms with Gasteiger partial charge >= 0.3 is 0 Å². The van der Waals surface area contributed by atoms with Gasteiger partial charge < -0.3 is 15.5 Å². The van der Waals surface area contributed by atoms with E-state index in [1.165, 1.54) is 6.07 Å². The van der Waals surface area contributed by atoms with Crippen molar-refractivity contribution in [3.8, 4) is 0 Å². The fraction of sp³-hybridized carbons (Fsp3) is 0.273.